The Hall–Kier alpha value is -1.80. The molecule has 1 fully saturated rings. The number of allylic oxidation sites excluding steroid dienone is 1. The number of nitriles is 1. The van der Waals surface area contributed by atoms with Crippen LogP contribution in [-0.2, 0) is 18.3 Å². The lowest BCUT2D eigenvalue weighted by atomic mass is 10.0. The molecule has 0 aromatic heterocycles. The molecule has 1 aliphatic rings. The highest BCUT2D eigenvalue weighted by Crippen LogP contribution is 2.57. The van der Waals surface area contributed by atoms with Gasteiger partial charge in [-0.05, 0) is 26.3 Å². The number of rotatable bonds is 6. The lowest BCUT2D eigenvalue weighted by Crippen LogP contribution is -2.21. The summed E-state index contributed by atoms with van der Waals surface area (Å²) < 4.78 is 29.2. The maximum Gasteiger partial charge on any atom is 0.377 e. The summed E-state index contributed by atoms with van der Waals surface area (Å²) in [6, 6.07) is 11.5. The van der Waals surface area contributed by atoms with E-state index in [0.717, 1.165) is 5.56 Å². The molecule has 124 valence electrons. The molecule has 1 heterocycles. The van der Waals surface area contributed by atoms with E-state index in [4.69, 9.17) is 13.8 Å². The minimum atomic E-state index is -3.69. The SMILES string of the molecule is CCOP(=O)(OCC)/C(C#N)=C1\NC(C)C(c2ccccc2)O1. The Bertz CT molecular complexity index is 644. The predicted molar refractivity (Wildman–Crippen MR) is 86.4 cm³/mol. The maximum absolute atomic E-state index is 12.8. The highest BCUT2D eigenvalue weighted by atomic mass is 31.2. The van der Waals surface area contributed by atoms with E-state index in [0.29, 0.717) is 0 Å². The van der Waals surface area contributed by atoms with E-state index < -0.39 is 7.60 Å². The number of nitrogens with zero attached hydrogens (tertiary/aromatic N) is 1. The Labute approximate surface area is 136 Å². The highest BCUT2D eigenvalue weighted by Gasteiger charge is 2.39. The molecule has 1 N–H and O–H groups in total. The predicted octanol–water partition coefficient (Wildman–Crippen LogP) is 3.69. The molecular weight excluding hydrogens is 315 g/mol. The molecule has 1 aromatic rings. The lowest BCUT2D eigenvalue weighted by Gasteiger charge is -2.17. The molecule has 2 rings (SSSR count). The van der Waals surface area contributed by atoms with Crippen LogP contribution in [0.25, 0.3) is 0 Å². The summed E-state index contributed by atoms with van der Waals surface area (Å²) in [6.45, 7) is 5.68. The van der Waals surface area contributed by atoms with Crippen molar-refractivity contribution in [1.29, 1.82) is 5.26 Å². The Morgan fingerprint density at radius 2 is 1.91 bits per heavy atom. The van der Waals surface area contributed by atoms with E-state index in [1.807, 2.05) is 43.3 Å². The Balaban J connectivity index is 2.36. The molecular formula is C16H21N2O4P. The van der Waals surface area contributed by atoms with Crippen molar-refractivity contribution in [2.45, 2.75) is 32.9 Å². The second-order valence-corrected chi connectivity index (χ2v) is 6.96. The number of hydrogen-bond acceptors (Lipinski definition) is 6. The van der Waals surface area contributed by atoms with E-state index in [1.54, 1.807) is 13.8 Å². The third kappa shape index (κ3) is 3.76. The summed E-state index contributed by atoms with van der Waals surface area (Å²) in [5.41, 5.74) is 0.974. The summed E-state index contributed by atoms with van der Waals surface area (Å²) in [5.74, 6) is 0.166. The van der Waals surface area contributed by atoms with Crippen LogP contribution in [0.5, 0.6) is 0 Å². The van der Waals surface area contributed by atoms with Gasteiger partial charge < -0.3 is 19.1 Å². The summed E-state index contributed by atoms with van der Waals surface area (Å²) in [6.07, 6.45) is -0.272. The topological polar surface area (TPSA) is 80.6 Å². The fraction of sp³-hybridized carbons (Fsp3) is 0.438. The van der Waals surface area contributed by atoms with Crippen molar-refractivity contribution in [1.82, 2.24) is 5.32 Å². The van der Waals surface area contributed by atoms with Crippen LogP contribution in [0, 0.1) is 11.3 Å². The summed E-state index contributed by atoms with van der Waals surface area (Å²) in [4.78, 5) is 0. The molecule has 1 saturated heterocycles. The second-order valence-electron chi connectivity index (χ2n) is 5.00. The average Bonchev–Trinajstić information content (AvgIpc) is 2.90. The van der Waals surface area contributed by atoms with E-state index in [1.165, 1.54) is 0 Å². The molecule has 6 nitrogen and oxygen atoms in total. The van der Waals surface area contributed by atoms with Gasteiger partial charge in [-0.2, -0.15) is 5.26 Å². The van der Waals surface area contributed by atoms with Crippen LogP contribution in [0.1, 0.15) is 32.4 Å². The van der Waals surface area contributed by atoms with Crippen LogP contribution in [0.3, 0.4) is 0 Å². The van der Waals surface area contributed by atoms with Crippen LogP contribution in [-0.4, -0.2) is 19.3 Å². The van der Waals surface area contributed by atoms with Gasteiger partial charge in [-0.1, -0.05) is 30.3 Å². The van der Waals surface area contributed by atoms with Gasteiger partial charge in [-0.3, -0.25) is 4.57 Å². The molecule has 0 spiro atoms. The molecule has 0 amide bonds. The van der Waals surface area contributed by atoms with Gasteiger partial charge in [0.2, 0.25) is 11.2 Å². The first kappa shape index (κ1) is 17.6. The molecule has 2 atom stereocenters. The molecule has 0 saturated carbocycles. The maximum atomic E-state index is 12.8. The zero-order valence-corrected chi connectivity index (χ0v) is 14.4. The van der Waals surface area contributed by atoms with Crippen molar-refractivity contribution in [3.05, 3.63) is 47.1 Å². The quantitative estimate of drug-likeness (QED) is 0.630. The molecule has 0 bridgehead atoms. The van der Waals surface area contributed by atoms with Crippen molar-refractivity contribution < 1.29 is 18.3 Å². The summed E-state index contributed by atoms with van der Waals surface area (Å²) in [5, 5.41) is 12.4. The molecule has 0 radical (unpaired) electrons. The summed E-state index contributed by atoms with van der Waals surface area (Å²) >= 11 is 0. The van der Waals surface area contributed by atoms with Gasteiger partial charge in [0, 0.05) is 0 Å². The molecule has 1 aromatic carbocycles. The number of nitrogens with one attached hydrogen (secondary N) is 1. The van der Waals surface area contributed by atoms with Gasteiger partial charge in [0.1, 0.15) is 12.2 Å². The van der Waals surface area contributed by atoms with Crippen molar-refractivity contribution in [2.75, 3.05) is 13.2 Å². The third-order valence-electron chi connectivity index (χ3n) is 3.38. The van der Waals surface area contributed by atoms with Crippen LogP contribution < -0.4 is 5.32 Å². The van der Waals surface area contributed by atoms with Crippen LogP contribution >= 0.6 is 7.60 Å². The molecule has 7 heteroatoms. The van der Waals surface area contributed by atoms with E-state index in [2.05, 4.69) is 5.32 Å². The first-order chi connectivity index (χ1) is 11.1. The number of hydrogen-bond donors (Lipinski definition) is 1. The molecule has 2 unspecified atom stereocenters. The van der Waals surface area contributed by atoms with E-state index in [9.17, 15) is 9.83 Å². The van der Waals surface area contributed by atoms with Crippen molar-refractivity contribution in [2.24, 2.45) is 0 Å². The van der Waals surface area contributed by atoms with Crippen molar-refractivity contribution in [3.63, 3.8) is 0 Å². The largest absolute Gasteiger partial charge is 0.468 e. The molecule has 23 heavy (non-hydrogen) atoms. The van der Waals surface area contributed by atoms with Crippen LogP contribution in [0.15, 0.2) is 41.5 Å². The Morgan fingerprint density at radius 3 is 2.43 bits per heavy atom. The van der Waals surface area contributed by atoms with Gasteiger partial charge in [-0.25, -0.2) is 0 Å². The van der Waals surface area contributed by atoms with Crippen LogP contribution in [0.2, 0.25) is 0 Å². The van der Waals surface area contributed by atoms with Crippen molar-refractivity contribution in [3.8, 4) is 6.07 Å². The Morgan fingerprint density at radius 1 is 1.30 bits per heavy atom. The van der Waals surface area contributed by atoms with Gasteiger partial charge in [0.15, 0.2) is 0 Å². The second kappa shape index (κ2) is 7.65. The number of ether oxygens (including phenoxy) is 1. The minimum Gasteiger partial charge on any atom is -0.468 e. The zero-order chi connectivity index (χ0) is 16.9. The molecule has 0 aliphatic carbocycles. The fourth-order valence-corrected chi connectivity index (χ4v) is 3.91. The van der Waals surface area contributed by atoms with E-state index in [-0.39, 0.29) is 36.6 Å². The van der Waals surface area contributed by atoms with Gasteiger partial charge in [-0.15, -0.1) is 0 Å². The monoisotopic (exact) mass is 336 g/mol. The number of benzene rings is 1. The van der Waals surface area contributed by atoms with Crippen LogP contribution in [0.4, 0.5) is 0 Å². The van der Waals surface area contributed by atoms with Crippen molar-refractivity contribution >= 4 is 7.60 Å². The normalized spacial score (nSPS) is 22.9. The van der Waals surface area contributed by atoms with Gasteiger partial charge in [0.05, 0.1) is 19.3 Å². The van der Waals surface area contributed by atoms with Gasteiger partial charge >= 0.3 is 7.60 Å². The zero-order valence-electron chi connectivity index (χ0n) is 13.5. The minimum absolute atomic E-state index is 0.0764. The summed E-state index contributed by atoms with van der Waals surface area (Å²) in [7, 11) is -3.69. The first-order valence-corrected chi connectivity index (χ1v) is 9.12. The average molecular weight is 336 g/mol. The molecule has 1 aliphatic heterocycles. The smallest absolute Gasteiger partial charge is 0.377 e. The Kier molecular flexibility index (Phi) is 5.84. The lowest BCUT2D eigenvalue weighted by molar-refractivity contribution is 0.152. The van der Waals surface area contributed by atoms with Gasteiger partial charge in [0.25, 0.3) is 0 Å². The fourth-order valence-electron chi connectivity index (χ4n) is 2.41. The van der Waals surface area contributed by atoms with E-state index >= 15 is 0 Å². The first-order valence-electron chi connectivity index (χ1n) is 7.58. The standard InChI is InChI=1S/C16H21N2O4P/c1-4-20-23(19,21-5-2)14(11-17)16-18-12(3)15(22-16)13-9-7-6-8-10-13/h6-10,12,15,18H,4-5H2,1-3H3/b16-14+. The third-order valence-corrected chi connectivity index (χ3v) is 5.43. The highest BCUT2D eigenvalue weighted by molar-refractivity contribution is 7.58.